The maximum absolute atomic E-state index is 13.3. The first-order chi connectivity index (χ1) is 16.3. The second kappa shape index (κ2) is 12.2. The number of benzene rings is 2. The lowest BCUT2D eigenvalue weighted by molar-refractivity contribution is -0.118. The van der Waals surface area contributed by atoms with E-state index in [1.54, 1.807) is 0 Å². The number of hydrogen-bond donors (Lipinski definition) is 0. The van der Waals surface area contributed by atoms with Gasteiger partial charge in [-0.05, 0) is 75.4 Å². The maximum Gasteiger partial charge on any atom is 0.253 e. The Bertz CT molecular complexity index is 942. The van der Waals surface area contributed by atoms with E-state index in [4.69, 9.17) is 0 Å². The molecule has 2 amide bonds. The second-order valence-electron chi connectivity index (χ2n) is 9.60. The fourth-order valence-electron chi connectivity index (χ4n) is 5.11. The highest BCUT2D eigenvalue weighted by atomic mass is 16.2. The fraction of sp³-hybridized carbons (Fsp3) is 0.517. The topological polar surface area (TPSA) is 43.9 Å². The van der Waals surface area contributed by atoms with E-state index < -0.39 is 0 Å². The highest BCUT2D eigenvalue weighted by Crippen LogP contribution is 2.29. The number of nitrogens with zero attached hydrogens (tertiary/aromatic N) is 3. The highest BCUT2D eigenvalue weighted by molar-refractivity contribution is 5.98. The van der Waals surface area contributed by atoms with E-state index in [0.717, 1.165) is 67.7 Å². The van der Waals surface area contributed by atoms with Crippen molar-refractivity contribution in [3.05, 3.63) is 64.7 Å². The number of likely N-dealkylation sites (N-methyl/N-ethyl adjacent to an activating group) is 1. The molecule has 1 saturated heterocycles. The van der Waals surface area contributed by atoms with Gasteiger partial charge in [-0.2, -0.15) is 0 Å². The fourth-order valence-corrected chi connectivity index (χ4v) is 5.11. The predicted molar refractivity (Wildman–Crippen MR) is 141 cm³/mol. The molecule has 34 heavy (non-hydrogen) atoms. The number of aryl methyl sites for hydroxylation is 2. The summed E-state index contributed by atoms with van der Waals surface area (Å²) in [6, 6.07) is 15.1. The SMILES string of the molecule is CCCN(C(=O)CC)c1c(C)cc(C(=O)N2CCC(N(C)CCc3ccccc3)CC2)cc1C. The minimum Gasteiger partial charge on any atom is -0.339 e. The van der Waals surface area contributed by atoms with Crippen LogP contribution in [0.4, 0.5) is 5.69 Å². The highest BCUT2D eigenvalue weighted by Gasteiger charge is 2.27. The zero-order chi connectivity index (χ0) is 24.7. The number of likely N-dealkylation sites (tertiary alicyclic amines) is 1. The van der Waals surface area contributed by atoms with Crippen LogP contribution < -0.4 is 4.90 Å². The van der Waals surface area contributed by atoms with E-state index >= 15 is 0 Å². The molecule has 0 unspecified atom stereocenters. The molecule has 0 atom stereocenters. The number of hydrogen-bond acceptors (Lipinski definition) is 3. The molecule has 1 heterocycles. The normalized spacial score (nSPS) is 14.5. The molecule has 0 N–H and O–H groups in total. The van der Waals surface area contributed by atoms with Crippen LogP contribution in [0, 0.1) is 13.8 Å². The Kier molecular flexibility index (Phi) is 9.28. The van der Waals surface area contributed by atoms with Crippen LogP contribution in [-0.4, -0.2) is 60.9 Å². The van der Waals surface area contributed by atoms with Crippen LogP contribution in [0.15, 0.2) is 42.5 Å². The number of piperidine rings is 1. The Morgan fingerprint density at radius 3 is 2.15 bits per heavy atom. The van der Waals surface area contributed by atoms with Crippen molar-refractivity contribution in [1.82, 2.24) is 9.80 Å². The molecule has 0 spiro atoms. The van der Waals surface area contributed by atoms with Crippen molar-refractivity contribution in [1.29, 1.82) is 0 Å². The van der Waals surface area contributed by atoms with E-state index in [1.165, 1.54) is 5.56 Å². The van der Waals surface area contributed by atoms with Crippen molar-refractivity contribution in [2.24, 2.45) is 0 Å². The maximum atomic E-state index is 13.3. The van der Waals surface area contributed by atoms with Crippen molar-refractivity contribution in [3.8, 4) is 0 Å². The summed E-state index contributed by atoms with van der Waals surface area (Å²) in [5.74, 6) is 0.234. The Morgan fingerprint density at radius 1 is 0.971 bits per heavy atom. The summed E-state index contributed by atoms with van der Waals surface area (Å²) in [4.78, 5) is 32.2. The van der Waals surface area contributed by atoms with Crippen LogP contribution in [-0.2, 0) is 11.2 Å². The quantitative estimate of drug-likeness (QED) is 0.511. The van der Waals surface area contributed by atoms with Gasteiger partial charge >= 0.3 is 0 Å². The molecule has 1 fully saturated rings. The number of carbonyl (C=O) groups is 2. The number of rotatable bonds is 9. The van der Waals surface area contributed by atoms with Crippen molar-refractivity contribution < 1.29 is 9.59 Å². The first-order valence-electron chi connectivity index (χ1n) is 12.8. The van der Waals surface area contributed by atoms with Crippen molar-refractivity contribution >= 4 is 17.5 Å². The molecule has 2 aromatic carbocycles. The standard InChI is InChI=1S/C29H41N3O2/c1-6-16-32(27(33)7-2)28-22(3)20-25(21-23(28)4)29(34)31-18-14-26(15-19-31)30(5)17-13-24-11-9-8-10-12-24/h8-12,20-21,26H,6-7,13-19H2,1-5H3. The minimum atomic E-state index is 0.104. The van der Waals surface area contributed by atoms with E-state index in [-0.39, 0.29) is 11.8 Å². The lowest BCUT2D eigenvalue weighted by Crippen LogP contribution is -2.46. The Morgan fingerprint density at radius 2 is 1.59 bits per heavy atom. The van der Waals surface area contributed by atoms with E-state index in [1.807, 2.05) is 42.7 Å². The summed E-state index contributed by atoms with van der Waals surface area (Å²) >= 11 is 0. The Balaban J connectivity index is 1.61. The van der Waals surface area contributed by atoms with E-state index in [2.05, 4.69) is 49.2 Å². The summed E-state index contributed by atoms with van der Waals surface area (Å²) in [5, 5.41) is 0. The van der Waals surface area contributed by atoms with E-state index in [0.29, 0.717) is 19.0 Å². The zero-order valence-electron chi connectivity index (χ0n) is 21.6. The van der Waals surface area contributed by atoms with Gasteiger partial charge in [-0.15, -0.1) is 0 Å². The average molecular weight is 464 g/mol. The summed E-state index contributed by atoms with van der Waals surface area (Å²) < 4.78 is 0. The van der Waals surface area contributed by atoms with Gasteiger partial charge in [0.25, 0.3) is 5.91 Å². The van der Waals surface area contributed by atoms with Crippen molar-refractivity contribution in [2.75, 3.05) is 38.1 Å². The third-order valence-electron chi connectivity index (χ3n) is 7.03. The van der Waals surface area contributed by atoms with Gasteiger partial charge in [-0.1, -0.05) is 44.2 Å². The number of amides is 2. The number of carbonyl (C=O) groups excluding carboxylic acids is 2. The van der Waals surface area contributed by atoms with Gasteiger partial charge in [0, 0.05) is 49.9 Å². The van der Waals surface area contributed by atoms with Crippen LogP contribution in [0.2, 0.25) is 0 Å². The van der Waals surface area contributed by atoms with Gasteiger partial charge < -0.3 is 14.7 Å². The molecule has 0 radical (unpaired) electrons. The molecule has 0 bridgehead atoms. The van der Waals surface area contributed by atoms with Crippen LogP contribution >= 0.6 is 0 Å². The first kappa shape index (κ1) is 26.0. The Hall–Kier alpha value is -2.66. The first-order valence-corrected chi connectivity index (χ1v) is 12.8. The third-order valence-corrected chi connectivity index (χ3v) is 7.03. The Labute approximate surface area is 205 Å². The molecule has 0 aromatic heterocycles. The molecule has 184 valence electrons. The summed E-state index contributed by atoms with van der Waals surface area (Å²) in [7, 11) is 2.20. The minimum absolute atomic E-state index is 0.104. The molecular weight excluding hydrogens is 422 g/mol. The van der Waals surface area contributed by atoms with Gasteiger partial charge in [0.05, 0.1) is 0 Å². The average Bonchev–Trinajstić information content (AvgIpc) is 2.86. The summed E-state index contributed by atoms with van der Waals surface area (Å²) in [5.41, 5.74) is 5.05. The van der Waals surface area contributed by atoms with Gasteiger partial charge in [0.15, 0.2) is 0 Å². The molecule has 5 nitrogen and oxygen atoms in total. The monoisotopic (exact) mass is 463 g/mol. The van der Waals surface area contributed by atoms with Crippen LogP contribution in [0.3, 0.4) is 0 Å². The molecule has 3 rings (SSSR count). The summed E-state index contributed by atoms with van der Waals surface area (Å²) in [6.07, 6.45) is 4.44. The lowest BCUT2D eigenvalue weighted by atomic mass is 9.99. The molecule has 0 aliphatic carbocycles. The molecular formula is C29H41N3O2. The smallest absolute Gasteiger partial charge is 0.253 e. The largest absolute Gasteiger partial charge is 0.339 e. The molecule has 5 heteroatoms. The van der Waals surface area contributed by atoms with Gasteiger partial charge in [-0.3, -0.25) is 9.59 Å². The van der Waals surface area contributed by atoms with Crippen molar-refractivity contribution in [3.63, 3.8) is 0 Å². The lowest BCUT2D eigenvalue weighted by Gasteiger charge is -2.37. The van der Waals surface area contributed by atoms with Gasteiger partial charge in [-0.25, -0.2) is 0 Å². The van der Waals surface area contributed by atoms with Gasteiger partial charge in [0.1, 0.15) is 0 Å². The van der Waals surface area contributed by atoms with Crippen molar-refractivity contribution in [2.45, 2.75) is 65.8 Å². The van der Waals surface area contributed by atoms with Crippen LogP contribution in [0.1, 0.15) is 66.6 Å². The molecule has 1 aliphatic heterocycles. The summed E-state index contributed by atoms with van der Waals surface area (Å²) in [6.45, 7) is 11.3. The third kappa shape index (κ3) is 6.26. The molecule has 0 saturated carbocycles. The van der Waals surface area contributed by atoms with Crippen LogP contribution in [0.5, 0.6) is 0 Å². The zero-order valence-corrected chi connectivity index (χ0v) is 21.6. The van der Waals surface area contributed by atoms with Gasteiger partial charge in [0.2, 0.25) is 5.91 Å². The number of anilines is 1. The van der Waals surface area contributed by atoms with E-state index in [9.17, 15) is 9.59 Å². The van der Waals surface area contributed by atoms with Crippen LogP contribution in [0.25, 0.3) is 0 Å². The predicted octanol–water partition coefficient (Wildman–Crippen LogP) is 5.24. The molecule has 2 aromatic rings. The second-order valence-corrected chi connectivity index (χ2v) is 9.60. The molecule has 1 aliphatic rings.